The fraction of sp³-hybridized carbons (Fsp3) is 0.389. The Morgan fingerprint density at radius 3 is 2.68 bits per heavy atom. The number of aromatic nitrogens is 1. The van der Waals surface area contributed by atoms with Crippen LogP contribution in [0.4, 0.5) is 11.5 Å². The predicted molar refractivity (Wildman–Crippen MR) is 101 cm³/mol. The van der Waals surface area contributed by atoms with E-state index in [1.807, 2.05) is 25.1 Å². The van der Waals surface area contributed by atoms with E-state index in [0.29, 0.717) is 11.6 Å². The minimum atomic E-state index is -0.384. The van der Waals surface area contributed by atoms with Crippen LogP contribution in [0.15, 0.2) is 28.8 Å². The van der Waals surface area contributed by atoms with Crippen LogP contribution >= 0.6 is 11.8 Å². The Labute approximate surface area is 151 Å². The normalized spacial score (nSPS) is 11.8. The zero-order chi connectivity index (χ0) is 18.4. The number of aryl methyl sites for hydroxylation is 3. The lowest BCUT2D eigenvalue weighted by Crippen LogP contribution is -2.25. The van der Waals surface area contributed by atoms with Gasteiger partial charge < -0.3 is 15.2 Å². The van der Waals surface area contributed by atoms with E-state index in [0.717, 1.165) is 23.2 Å². The van der Waals surface area contributed by atoms with Crippen LogP contribution in [-0.4, -0.2) is 28.0 Å². The summed E-state index contributed by atoms with van der Waals surface area (Å²) in [6, 6.07) is 7.60. The van der Waals surface area contributed by atoms with Crippen molar-refractivity contribution in [2.75, 3.05) is 16.4 Å². The number of benzene rings is 1. The third kappa shape index (κ3) is 5.35. The average Bonchev–Trinajstić information content (AvgIpc) is 2.99. The van der Waals surface area contributed by atoms with Gasteiger partial charge in [-0.2, -0.15) is 0 Å². The van der Waals surface area contributed by atoms with Crippen molar-refractivity contribution in [2.45, 2.75) is 39.4 Å². The first-order chi connectivity index (χ1) is 11.9. The highest BCUT2D eigenvalue weighted by molar-refractivity contribution is 8.01. The van der Waals surface area contributed by atoms with E-state index in [1.165, 1.54) is 11.8 Å². The molecular weight excluding hydrogens is 338 g/mol. The SMILES string of the molecule is CCc1cccc(C)c1NC(=O)CSC(C)C(=O)Nc1cc(C)on1. The molecule has 0 bridgehead atoms. The molecule has 7 heteroatoms. The molecule has 0 saturated carbocycles. The van der Waals surface area contributed by atoms with Gasteiger partial charge in [0.25, 0.3) is 0 Å². The first-order valence-electron chi connectivity index (χ1n) is 8.14. The number of hydrogen-bond acceptors (Lipinski definition) is 5. The number of nitrogens with zero attached hydrogens (tertiary/aromatic N) is 1. The quantitative estimate of drug-likeness (QED) is 0.788. The molecule has 1 unspecified atom stereocenters. The standard InChI is InChI=1S/C18H23N3O3S/c1-5-14-8-6-7-11(2)17(14)20-16(22)10-25-13(4)18(23)19-15-9-12(3)24-21-15/h6-9,13H,5,10H2,1-4H3,(H,20,22)(H,19,21,23). The Balaban J connectivity index is 1.86. The van der Waals surface area contributed by atoms with Crippen LogP contribution < -0.4 is 10.6 Å². The molecule has 2 rings (SSSR count). The summed E-state index contributed by atoms with van der Waals surface area (Å²) < 4.78 is 4.91. The maximum absolute atomic E-state index is 12.2. The minimum Gasteiger partial charge on any atom is -0.360 e. The summed E-state index contributed by atoms with van der Waals surface area (Å²) in [5, 5.41) is 8.96. The number of amides is 2. The van der Waals surface area contributed by atoms with E-state index in [4.69, 9.17) is 4.52 Å². The van der Waals surface area contributed by atoms with Gasteiger partial charge >= 0.3 is 0 Å². The second-order valence-corrected chi connectivity index (χ2v) is 7.11. The van der Waals surface area contributed by atoms with Crippen LogP contribution in [0, 0.1) is 13.8 Å². The number of para-hydroxylation sites is 1. The molecule has 2 amide bonds. The van der Waals surface area contributed by atoms with E-state index in [-0.39, 0.29) is 22.8 Å². The lowest BCUT2D eigenvalue weighted by Gasteiger charge is -2.14. The average molecular weight is 361 g/mol. The van der Waals surface area contributed by atoms with Crippen LogP contribution in [0.1, 0.15) is 30.7 Å². The molecule has 1 aromatic heterocycles. The Hall–Kier alpha value is -2.28. The summed E-state index contributed by atoms with van der Waals surface area (Å²) in [6.07, 6.45) is 0.848. The van der Waals surface area contributed by atoms with Crippen LogP contribution in [0.2, 0.25) is 0 Å². The third-order valence-corrected chi connectivity index (χ3v) is 4.86. The second kappa shape index (κ2) is 8.71. The molecule has 2 N–H and O–H groups in total. The van der Waals surface area contributed by atoms with Gasteiger partial charge in [0.1, 0.15) is 5.76 Å². The highest BCUT2D eigenvalue weighted by Crippen LogP contribution is 2.22. The number of hydrogen-bond donors (Lipinski definition) is 2. The number of anilines is 2. The molecule has 1 heterocycles. The molecule has 0 aliphatic carbocycles. The van der Waals surface area contributed by atoms with E-state index in [2.05, 4.69) is 22.7 Å². The van der Waals surface area contributed by atoms with E-state index < -0.39 is 0 Å². The largest absolute Gasteiger partial charge is 0.360 e. The minimum absolute atomic E-state index is 0.120. The van der Waals surface area contributed by atoms with Gasteiger partial charge in [0.05, 0.1) is 11.0 Å². The highest BCUT2D eigenvalue weighted by Gasteiger charge is 2.17. The fourth-order valence-electron chi connectivity index (χ4n) is 2.31. The van der Waals surface area contributed by atoms with Gasteiger partial charge in [-0.25, -0.2) is 0 Å². The molecule has 0 spiro atoms. The fourth-order valence-corrected chi connectivity index (χ4v) is 2.99. The monoisotopic (exact) mass is 361 g/mol. The molecule has 134 valence electrons. The Morgan fingerprint density at radius 2 is 2.04 bits per heavy atom. The summed E-state index contributed by atoms with van der Waals surface area (Å²) in [5.41, 5.74) is 3.00. The van der Waals surface area contributed by atoms with Crippen LogP contribution in [0.25, 0.3) is 0 Å². The Kier molecular flexibility index (Phi) is 6.64. The van der Waals surface area contributed by atoms with Crippen molar-refractivity contribution in [1.29, 1.82) is 0 Å². The number of thioether (sulfide) groups is 1. The van der Waals surface area contributed by atoms with Gasteiger partial charge in [-0.3, -0.25) is 9.59 Å². The summed E-state index contributed by atoms with van der Waals surface area (Å²) in [7, 11) is 0. The number of carbonyl (C=O) groups excluding carboxylic acids is 2. The van der Waals surface area contributed by atoms with Crippen molar-refractivity contribution < 1.29 is 14.1 Å². The van der Waals surface area contributed by atoms with Crippen molar-refractivity contribution in [1.82, 2.24) is 5.16 Å². The lowest BCUT2D eigenvalue weighted by molar-refractivity contribution is -0.115. The summed E-state index contributed by atoms with van der Waals surface area (Å²) >= 11 is 1.27. The van der Waals surface area contributed by atoms with Crippen LogP contribution in [-0.2, 0) is 16.0 Å². The van der Waals surface area contributed by atoms with E-state index in [1.54, 1.807) is 19.9 Å². The maximum atomic E-state index is 12.2. The summed E-state index contributed by atoms with van der Waals surface area (Å²) in [5.74, 6) is 0.873. The van der Waals surface area contributed by atoms with Crippen molar-refractivity contribution in [3.8, 4) is 0 Å². The molecule has 2 aromatic rings. The van der Waals surface area contributed by atoms with Gasteiger partial charge in [-0.05, 0) is 38.3 Å². The predicted octanol–water partition coefficient (Wildman–Crippen LogP) is 3.55. The smallest absolute Gasteiger partial charge is 0.238 e. The molecule has 0 radical (unpaired) electrons. The molecule has 0 aliphatic rings. The molecular formula is C18H23N3O3S. The molecule has 6 nitrogen and oxygen atoms in total. The topological polar surface area (TPSA) is 84.2 Å². The van der Waals surface area contributed by atoms with Crippen molar-refractivity contribution in [2.24, 2.45) is 0 Å². The molecule has 0 aliphatic heterocycles. The van der Waals surface area contributed by atoms with Gasteiger partial charge in [0.15, 0.2) is 5.82 Å². The molecule has 0 saturated heterocycles. The number of rotatable bonds is 7. The van der Waals surface area contributed by atoms with Crippen LogP contribution in [0.3, 0.4) is 0 Å². The van der Waals surface area contributed by atoms with Gasteiger partial charge in [0, 0.05) is 11.8 Å². The lowest BCUT2D eigenvalue weighted by atomic mass is 10.1. The zero-order valence-corrected chi connectivity index (χ0v) is 15.7. The number of nitrogens with one attached hydrogen (secondary N) is 2. The molecule has 0 fully saturated rings. The van der Waals surface area contributed by atoms with Crippen molar-refractivity contribution in [3.05, 3.63) is 41.2 Å². The zero-order valence-electron chi connectivity index (χ0n) is 14.9. The highest BCUT2D eigenvalue weighted by atomic mass is 32.2. The van der Waals surface area contributed by atoms with Crippen molar-refractivity contribution in [3.63, 3.8) is 0 Å². The second-order valence-electron chi connectivity index (χ2n) is 5.78. The Morgan fingerprint density at radius 1 is 1.28 bits per heavy atom. The van der Waals surface area contributed by atoms with Crippen LogP contribution in [0.5, 0.6) is 0 Å². The van der Waals surface area contributed by atoms with E-state index in [9.17, 15) is 9.59 Å². The van der Waals surface area contributed by atoms with Gasteiger partial charge in [0.2, 0.25) is 11.8 Å². The van der Waals surface area contributed by atoms with Crippen molar-refractivity contribution >= 4 is 35.1 Å². The number of carbonyl (C=O) groups is 2. The summed E-state index contributed by atoms with van der Waals surface area (Å²) in [4.78, 5) is 24.3. The maximum Gasteiger partial charge on any atom is 0.238 e. The first-order valence-corrected chi connectivity index (χ1v) is 9.19. The molecule has 25 heavy (non-hydrogen) atoms. The summed E-state index contributed by atoms with van der Waals surface area (Å²) in [6.45, 7) is 7.53. The molecule has 1 atom stereocenters. The van der Waals surface area contributed by atoms with Gasteiger partial charge in [-0.1, -0.05) is 30.3 Å². The van der Waals surface area contributed by atoms with Gasteiger partial charge in [-0.15, -0.1) is 11.8 Å². The first kappa shape index (κ1) is 19.1. The van der Waals surface area contributed by atoms with E-state index >= 15 is 0 Å². The molecule has 1 aromatic carbocycles. The Bertz CT molecular complexity index is 758. The third-order valence-electron chi connectivity index (χ3n) is 3.72.